The zero-order valence-corrected chi connectivity index (χ0v) is 10.4. The predicted octanol–water partition coefficient (Wildman–Crippen LogP) is 2.94. The van der Waals surface area contributed by atoms with E-state index in [9.17, 15) is 5.11 Å². The van der Waals surface area contributed by atoms with Crippen LogP contribution >= 0.6 is 0 Å². The van der Waals surface area contributed by atoms with Crippen molar-refractivity contribution >= 4 is 0 Å². The van der Waals surface area contributed by atoms with E-state index in [1.165, 1.54) is 49.9 Å². The van der Waals surface area contributed by atoms with E-state index in [0.717, 1.165) is 18.9 Å². The van der Waals surface area contributed by atoms with Crippen molar-refractivity contribution in [2.45, 2.75) is 38.6 Å². The zero-order valence-electron chi connectivity index (χ0n) is 10.4. The van der Waals surface area contributed by atoms with Gasteiger partial charge in [0.1, 0.15) is 5.75 Å². The average molecular weight is 231 g/mol. The Kier molecular flexibility index (Phi) is 3.06. The molecule has 0 amide bonds. The van der Waals surface area contributed by atoms with Gasteiger partial charge in [-0.3, -0.25) is 4.90 Å². The molecule has 92 valence electrons. The second-order valence-electron chi connectivity index (χ2n) is 5.59. The fraction of sp³-hybridized carbons (Fsp3) is 0.600. The Labute approximate surface area is 103 Å². The van der Waals surface area contributed by atoms with Gasteiger partial charge in [0.2, 0.25) is 0 Å². The van der Waals surface area contributed by atoms with Crippen LogP contribution in [0.15, 0.2) is 18.2 Å². The van der Waals surface area contributed by atoms with E-state index >= 15 is 0 Å². The van der Waals surface area contributed by atoms with Gasteiger partial charge in [0.15, 0.2) is 0 Å². The number of fused-ring (bicyclic) bond motifs is 1. The molecule has 17 heavy (non-hydrogen) atoms. The molecule has 2 heteroatoms. The molecular weight excluding hydrogens is 210 g/mol. The summed E-state index contributed by atoms with van der Waals surface area (Å²) in [5.74, 6) is 1.33. The molecular formula is C15H21NO. The molecule has 1 heterocycles. The maximum atomic E-state index is 9.54. The Morgan fingerprint density at radius 1 is 1.18 bits per heavy atom. The van der Waals surface area contributed by atoms with E-state index in [0.29, 0.717) is 5.75 Å². The minimum atomic E-state index is 0.409. The molecule has 1 aromatic rings. The van der Waals surface area contributed by atoms with E-state index in [1.807, 2.05) is 12.1 Å². The standard InChI is InChI=1S/C15H21NO/c17-15-6-5-13-7-8-16(11-14(13)9-15)10-12-3-1-2-4-12/h5-6,9,12,17H,1-4,7-8,10-11H2. The molecule has 0 spiro atoms. The number of phenolic OH excluding ortho intramolecular Hbond substituents is 1. The van der Waals surface area contributed by atoms with Gasteiger partial charge >= 0.3 is 0 Å². The molecule has 1 N–H and O–H groups in total. The number of hydrogen-bond acceptors (Lipinski definition) is 2. The first kappa shape index (κ1) is 11.1. The van der Waals surface area contributed by atoms with Gasteiger partial charge in [-0.25, -0.2) is 0 Å². The topological polar surface area (TPSA) is 23.5 Å². The molecule has 1 aromatic carbocycles. The van der Waals surface area contributed by atoms with Crippen LogP contribution in [0.5, 0.6) is 5.75 Å². The normalized spacial score (nSPS) is 21.6. The summed E-state index contributed by atoms with van der Waals surface area (Å²) in [7, 11) is 0. The third kappa shape index (κ3) is 2.47. The number of benzene rings is 1. The van der Waals surface area contributed by atoms with Crippen LogP contribution < -0.4 is 0 Å². The van der Waals surface area contributed by atoms with Crippen molar-refractivity contribution in [2.24, 2.45) is 5.92 Å². The molecule has 0 radical (unpaired) electrons. The second kappa shape index (κ2) is 4.69. The van der Waals surface area contributed by atoms with E-state index in [2.05, 4.69) is 11.0 Å². The van der Waals surface area contributed by atoms with Gasteiger partial charge < -0.3 is 5.11 Å². The lowest BCUT2D eigenvalue weighted by molar-refractivity contribution is 0.214. The SMILES string of the molecule is Oc1ccc2c(c1)CN(CC1CCCC1)CC2. The first-order valence-corrected chi connectivity index (χ1v) is 6.84. The van der Waals surface area contributed by atoms with Crippen molar-refractivity contribution in [1.82, 2.24) is 4.90 Å². The molecule has 1 fully saturated rings. The van der Waals surface area contributed by atoms with E-state index in [4.69, 9.17) is 0 Å². The molecule has 0 unspecified atom stereocenters. The van der Waals surface area contributed by atoms with Crippen LogP contribution in [-0.2, 0) is 13.0 Å². The average Bonchev–Trinajstić information content (AvgIpc) is 2.81. The van der Waals surface area contributed by atoms with Crippen LogP contribution in [0.3, 0.4) is 0 Å². The van der Waals surface area contributed by atoms with E-state index in [-0.39, 0.29) is 0 Å². The lowest BCUT2D eigenvalue weighted by Gasteiger charge is -2.30. The van der Waals surface area contributed by atoms with Gasteiger partial charge in [0.05, 0.1) is 0 Å². The second-order valence-corrected chi connectivity index (χ2v) is 5.59. The van der Waals surface area contributed by atoms with Gasteiger partial charge in [0, 0.05) is 19.6 Å². The molecule has 3 rings (SSSR count). The summed E-state index contributed by atoms with van der Waals surface area (Å²) in [6, 6.07) is 5.83. The lowest BCUT2D eigenvalue weighted by atomic mass is 9.98. The zero-order chi connectivity index (χ0) is 11.7. The summed E-state index contributed by atoms with van der Waals surface area (Å²) in [5, 5.41) is 9.54. The molecule has 2 nitrogen and oxygen atoms in total. The predicted molar refractivity (Wildman–Crippen MR) is 69.0 cm³/mol. The highest BCUT2D eigenvalue weighted by Gasteiger charge is 2.22. The van der Waals surface area contributed by atoms with Crippen LogP contribution in [0.2, 0.25) is 0 Å². The quantitative estimate of drug-likeness (QED) is 0.846. The fourth-order valence-corrected chi connectivity index (χ4v) is 3.32. The monoisotopic (exact) mass is 231 g/mol. The molecule has 0 saturated heterocycles. The van der Waals surface area contributed by atoms with Gasteiger partial charge in [-0.2, -0.15) is 0 Å². The van der Waals surface area contributed by atoms with Gasteiger partial charge in [-0.05, 0) is 48.4 Å². The van der Waals surface area contributed by atoms with Crippen LogP contribution in [0.25, 0.3) is 0 Å². The maximum absolute atomic E-state index is 9.54. The summed E-state index contributed by atoms with van der Waals surface area (Å²) in [5.41, 5.74) is 2.75. The smallest absolute Gasteiger partial charge is 0.115 e. The van der Waals surface area contributed by atoms with Gasteiger partial charge in [0.25, 0.3) is 0 Å². The van der Waals surface area contributed by atoms with Crippen molar-refractivity contribution in [3.05, 3.63) is 29.3 Å². The summed E-state index contributed by atoms with van der Waals surface area (Å²) < 4.78 is 0. The first-order chi connectivity index (χ1) is 8.31. The fourth-order valence-electron chi connectivity index (χ4n) is 3.32. The van der Waals surface area contributed by atoms with E-state index in [1.54, 1.807) is 0 Å². The third-order valence-corrected chi connectivity index (χ3v) is 4.27. The number of nitrogens with zero attached hydrogens (tertiary/aromatic N) is 1. The van der Waals surface area contributed by atoms with E-state index < -0.39 is 0 Å². The lowest BCUT2D eigenvalue weighted by Crippen LogP contribution is -2.34. The molecule has 1 saturated carbocycles. The molecule has 0 atom stereocenters. The number of rotatable bonds is 2. The number of aromatic hydroxyl groups is 1. The van der Waals surface area contributed by atoms with Crippen LogP contribution in [-0.4, -0.2) is 23.1 Å². The molecule has 1 aliphatic heterocycles. The maximum Gasteiger partial charge on any atom is 0.115 e. The summed E-state index contributed by atoms with van der Waals surface area (Å²) >= 11 is 0. The Hall–Kier alpha value is -1.02. The van der Waals surface area contributed by atoms with Crippen molar-refractivity contribution in [3.8, 4) is 5.75 Å². The highest BCUT2D eigenvalue weighted by Crippen LogP contribution is 2.28. The van der Waals surface area contributed by atoms with Crippen LogP contribution in [0.4, 0.5) is 0 Å². The molecule has 1 aliphatic carbocycles. The third-order valence-electron chi connectivity index (χ3n) is 4.27. The Morgan fingerprint density at radius 2 is 2.00 bits per heavy atom. The Balaban J connectivity index is 1.67. The highest BCUT2D eigenvalue weighted by molar-refractivity contribution is 5.36. The summed E-state index contributed by atoms with van der Waals surface area (Å²) in [4.78, 5) is 2.57. The van der Waals surface area contributed by atoms with Gasteiger partial charge in [-0.15, -0.1) is 0 Å². The van der Waals surface area contributed by atoms with Crippen molar-refractivity contribution < 1.29 is 5.11 Å². The summed E-state index contributed by atoms with van der Waals surface area (Å²) in [6.45, 7) is 3.48. The molecule has 2 aliphatic rings. The van der Waals surface area contributed by atoms with Gasteiger partial charge in [-0.1, -0.05) is 18.9 Å². The summed E-state index contributed by atoms with van der Waals surface area (Å²) in [6.07, 6.45) is 6.83. The van der Waals surface area contributed by atoms with Crippen LogP contribution in [0.1, 0.15) is 36.8 Å². The minimum Gasteiger partial charge on any atom is -0.508 e. The van der Waals surface area contributed by atoms with Crippen molar-refractivity contribution in [2.75, 3.05) is 13.1 Å². The number of hydrogen-bond donors (Lipinski definition) is 1. The largest absolute Gasteiger partial charge is 0.508 e. The molecule has 0 bridgehead atoms. The van der Waals surface area contributed by atoms with Crippen molar-refractivity contribution in [3.63, 3.8) is 0 Å². The van der Waals surface area contributed by atoms with Crippen molar-refractivity contribution in [1.29, 1.82) is 0 Å². The minimum absolute atomic E-state index is 0.409. The first-order valence-electron chi connectivity index (χ1n) is 6.84. The number of phenols is 1. The highest BCUT2D eigenvalue weighted by atomic mass is 16.3. The molecule has 0 aromatic heterocycles. The van der Waals surface area contributed by atoms with Crippen LogP contribution in [0, 0.1) is 5.92 Å². The Bertz CT molecular complexity index is 396. The Morgan fingerprint density at radius 3 is 2.82 bits per heavy atom.